The van der Waals surface area contributed by atoms with Gasteiger partial charge < -0.3 is 0 Å². The number of nitrogens with zero attached hydrogens (tertiary/aromatic N) is 1. The molecule has 17 heavy (non-hydrogen) atoms. The van der Waals surface area contributed by atoms with Crippen molar-refractivity contribution in [2.24, 2.45) is 0 Å². The maximum absolute atomic E-state index is 6.04. The predicted octanol–water partition coefficient (Wildman–Crippen LogP) is 5.14. The van der Waals surface area contributed by atoms with E-state index in [9.17, 15) is 0 Å². The summed E-state index contributed by atoms with van der Waals surface area (Å²) >= 11 is 11.9. The molecule has 0 aliphatic heterocycles. The monoisotopic (exact) mass is 267 g/mol. The minimum absolute atomic E-state index is 0.398. The number of benzene rings is 1. The molecule has 0 saturated carbocycles. The predicted molar refractivity (Wildman–Crippen MR) is 75.0 cm³/mol. The third kappa shape index (κ3) is 2.56. The van der Waals surface area contributed by atoms with E-state index in [1.807, 2.05) is 12.1 Å². The van der Waals surface area contributed by atoms with E-state index in [0.717, 1.165) is 22.9 Å². The Balaban J connectivity index is 2.56. The smallest absolute Gasteiger partial charge is 0.134 e. The van der Waals surface area contributed by atoms with Crippen LogP contribution in [0.5, 0.6) is 0 Å². The molecule has 1 heterocycles. The van der Waals surface area contributed by atoms with Crippen LogP contribution < -0.4 is 0 Å². The Morgan fingerprint density at radius 3 is 2.71 bits per heavy atom. The molecule has 0 aliphatic rings. The highest BCUT2D eigenvalue weighted by Gasteiger charge is 2.07. The first-order chi connectivity index (χ1) is 8.15. The zero-order valence-corrected chi connectivity index (χ0v) is 11.5. The molecule has 1 aromatic heterocycles. The molecule has 2 aromatic rings. The third-order valence-electron chi connectivity index (χ3n) is 3.19. The second-order valence-electron chi connectivity index (χ2n) is 4.33. The van der Waals surface area contributed by atoms with Gasteiger partial charge in [-0.3, -0.25) is 0 Å². The molecule has 3 heteroatoms. The Morgan fingerprint density at radius 2 is 2.06 bits per heavy atom. The molecule has 1 atom stereocenters. The Labute approximate surface area is 112 Å². The van der Waals surface area contributed by atoms with E-state index >= 15 is 0 Å². The van der Waals surface area contributed by atoms with E-state index in [1.54, 1.807) is 0 Å². The first kappa shape index (κ1) is 12.7. The van der Waals surface area contributed by atoms with E-state index < -0.39 is 0 Å². The van der Waals surface area contributed by atoms with Gasteiger partial charge in [0.05, 0.1) is 11.4 Å². The van der Waals surface area contributed by atoms with Crippen molar-refractivity contribution >= 4 is 34.1 Å². The van der Waals surface area contributed by atoms with E-state index in [-0.39, 0.29) is 0 Å². The lowest BCUT2D eigenvalue weighted by atomic mass is 9.97. The largest absolute Gasteiger partial charge is 0.236 e. The summed E-state index contributed by atoms with van der Waals surface area (Å²) in [7, 11) is 0. The summed E-state index contributed by atoms with van der Waals surface area (Å²) in [6, 6.07) is 8.37. The van der Waals surface area contributed by atoms with Crippen LogP contribution in [0.2, 0.25) is 5.15 Å². The average Bonchev–Trinajstić information content (AvgIpc) is 2.36. The molecule has 1 aromatic carbocycles. The lowest BCUT2D eigenvalue weighted by molar-refractivity contribution is 0.734. The van der Waals surface area contributed by atoms with Gasteiger partial charge in [-0.15, -0.1) is 11.6 Å². The van der Waals surface area contributed by atoms with Crippen molar-refractivity contribution in [2.45, 2.75) is 32.1 Å². The molecule has 0 N–H and O–H groups in total. The van der Waals surface area contributed by atoms with Crippen LogP contribution in [-0.4, -0.2) is 4.98 Å². The highest BCUT2D eigenvalue weighted by molar-refractivity contribution is 6.31. The van der Waals surface area contributed by atoms with Gasteiger partial charge in [-0.2, -0.15) is 0 Å². The van der Waals surface area contributed by atoms with Crippen molar-refractivity contribution in [3.05, 3.63) is 40.5 Å². The van der Waals surface area contributed by atoms with Gasteiger partial charge in [0.15, 0.2) is 0 Å². The first-order valence-corrected chi connectivity index (χ1v) is 6.72. The van der Waals surface area contributed by atoms with E-state index in [4.69, 9.17) is 23.2 Å². The number of aromatic nitrogens is 1. The molecule has 1 unspecified atom stereocenters. The van der Waals surface area contributed by atoms with E-state index in [1.165, 1.54) is 5.56 Å². The van der Waals surface area contributed by atoms with Crippen LogP contribution in [0.1, 0.15) is 37.3 Å². The van der Waals surface area contributed by atoms with Crippen molar-refractivity contribution in [1.29, 1.82) is 0 Å². The molecular weight excluding hydrogens is 253 g/mol. The van der Waals surface area contributed by atoms with Crippen LogP contribution in [0.25, 0.3) is 10.9 Å². The number of pyridine rings is 1. The maximum atomic E-state index is 6.04. The molecule has 0 aliphatic carbocycles. The molecule has 0 saturated heterocycles. The third-order valence-corrected chi connectivity index (χ3v) is 3.81. The summed E-state index contributed by atoms with van der Waals surface area (Å²) < 4.78 is 0. The second kappa shape index (κ2) is 5.24. The molecule has 0 radical (unpaired) electrons. The minimum atomic E-state index is 0.398. The summed E-state index contributed by atoms with van der Waals surface area (Å²) in [6.07, 6.45) is 1.13. The lowest BCUT2D eigenvalue weighted by Gasteiger charge is -2.10. The van der Waals surface area contributed by atoms with Crippen molar-refractivity contribution in [1.82, 2.24) is 4.98 Å². The fourth-order valence-corrected chi connectivity index (χ4v) is 2.34. The zero-order chi connectivity index (χ0) is 12.4. The topological polar surface area (TPSA) is 12.9 Å². The van der Waals surface area contributed by atoms with Gasteiger partial charge in [-0.25, -0.2) is 4.98 Å². The summed E-state index contributed by atoms with van der Waals surface area (Å²) in [6.45, 7) is 4.42. The average molecular weight is 268 g/mol. The van der Waals surface area contributed by atoms with Gasteiger partial charge >= 0.3 is 0 Å². The number of halogens is 2. The summed E-state index contributed by atoms with van der Waals surface area (Å²) in [5.41, 5.74) is 3.16. The van der Waals surface area contributed by atoms with Crippen LogP contribution in [-0.2, 0) is 5.88 Å². The lowest BCUT2D eigenvalue weighted by Crippen LogP contribution is -1.93. The van der Waals surface area contributed by atoms with E-state index in [0.29, 0.717) is 17.0 Å². The Kier molecular flexibility index (Phi) is 3.90. The number of hydrogen-bond donors (Lipinski definition) is 0. The second-order valence-corrected chi connectivity index (χ2v) is 4.96. The van der Waals surface area contributed by atoms with Crippen molar-refractivity contribution in [2.75, 3.05) is 0 Å². The molecule has 0 spiro atoms. The van der Waals surface area contributed by atoms with Crippen LogP contribution >= 0.6 is 23.2 Å². The summed E-state index contributed by atoms with van der Waals surface area (Å²) in [5.74, 6) is 0.963. The highest BCUT2D eigenvalue weighted by atomic mass is 35.5. The molecule has 0 fully saturated rings. The van der Waals surface area contributed by atoms with Crippen LogP contribution in [0.15, 0.2) is 24.3 Å². The molecule has 0 amide bonds. The number of rotatable bonds is 3. The fraction of sp³-hybridized carbons (Fsp3) is 0.357. The van der Waals surface area contributed by atoms with Crippen molar-refractivity contribution in [3.63, 3.8) is 0 Å². The Hall–Kier alpha value is -0.790. The summed E-state index contributed by atoms with van der Waals surface area (Å²) in [4.78, 5) is 4.35. The molecular formula is C14H15Cl2N. The number of alkyl halides is 1. The fourth-order valence-electron chi connectivity index (χ4n) is 1.85. The standard InChI is InChI=1S/C14H15Cl2N/c1-3-9(2)10-4-5-13-11(6-10)7-12(8-15)14(16)17-13/h4-7,9H,3,8H2,1-2H3. The molecule has 2 rings (SSSR count). The van der Waals surface area contributed by atoms with Crippen molar-refractivity contribution < 1.29 is 0 Å². The number of hydrogen-bond acceptors (Lipinski definition) is 1. The summed E-state index contributed by atoms with van der Waals surface area (Å²) in [5, 5.41) is 1.62. The van der Waals surface area contributed by atoms with Gasteiger partial charge in [-0.1, -0.05) is 31.5 Å². The van der Waals surface area contributed by atoms with Crippen LogP contribution in [0.4, 0.5) is 0 Å². The van der Waals surface area contributed by atoms with Gasteiger partial charge in [-0.05, 0) is 36.1 Å². The quantitative estimate of drug-likeness (QED) is 0.554. The maximum Gasteiger partial charge on any atom is 0.134 e. The number of fused-ring (bicyclic) bond motifs is 1. The Morgan fingerprint density at radius 1 is 1.29 bits per heavy atom. The minimum Gasteiger partial charge on any atom is -0.236 e. The first-order valence-electron chi connectivity index (χ1n) is 5.80. The van der Waals surface area contributed by atoms with Gasteiger partial charge in [0.25, 0.3) is 0 Å². The Bertz CT molecular complexity index is 537. The van der Waals surface area contributed by atoms with Crippen molar-refractivity contribution in [3.8, 4) is 0 Å². The normalized spacial score (nSPS) is 12.9. The van der Waals surface area contributed by atoms with Crippen LogP contribution in [0.3, 0.4) is 0 Å². The van der Waals surface area contributed by atoms with Crippen LogP contribution in [0, 0.1) is 0 Å². The molecule has 90 valence electrons. The van der Waals surface area contributed by atoms with Gasteiger partial charge in [0, 0.05) is 10.9 Å². The van der Waals surface area contributed by atoms with Gasteiger partial charge in [0.1, 0.15) is 5.15 Å². The zero-order valence-electron chi connectivity index (χ0n) is 10.0. The molecule has 0 bridgehead atoms. The SMILES string of the molecule is CCC(C)c1ccc2nc(Cl)c(CCl)cc2c1. The van der Waals surface area contributed by atoms with Gasteiger partial charge in [0.2, 0.25) is 0 Å². The van der Waals surface area contributed by atoms with E-state index in [2.05, 4.69) is 31.0 Å². The molecule has 1 nitrogen and oxygen atoms in total. The highest BCUT2D eigenvalue weighted by Crippen LogP contribution is 2.26.